The fourth-order valence-electron chi connectivity index (χ4n) is 3.77. The molecule has 4 rings (SSSR count). The van der Waals surface area contributed by atoms with Crippen molar-refractivity contribution in [3.05, 3.63) is 71.8 Å². The SMILES string of the molecule is Cc1cc([SH]2c3ccccc3Oc3ccccc32)cc(C)c1OCC(=O)OC(C)(C)C. The normalized spacial score (nSPS) is 13.6. The summed E-state index contributed by atoms with van der Waals surface area (Å²) in [7, 11) is -0.756. The molecule has 0 fully saturated rings. The minimum Gasteiger partial charge on any atom is -0.481 e. The highest BCUT2D eigenvalue weighted by Gasteiger charge is 2.26. The Kier molecular flexibility index (Phi) is 5.71. The summed E-state index contributed by atoms with van der Waals surface area (Å²) in [6.07, 6.45) is 0. The van der Waals surface area contributed by atoms with Gasteiger partial charge >= 0.3 is 5.97 Å². The number of carbonyl (C=O) groups excluding carboxylic acids is 1. The molecule has 0 N–H and O–H groups in total. The molecule has 0 spiro atoms. The van der Waals surface area contributed by atoms with Crippen molar-refractivity contribution < 1.29 is 19.0 Å². The Balaban J connectivity index is 1.67. The molecular formula is C26H28O4S. The third-order valence-electron chi connectivity index (χ3n) is 4.89. The van der Waals surface area contributed by atoms with E-state index in [0.29, 0.717) is 0 Å². The lowest BCUT2D eigenvalue weighted by Crippen LogP contribution is -2.27. The molecule has 3 aromatic rings. The van der Waals surface area contributed by atoms with E-state index in [-0.39, 0.29) is 12.6 Å². The molecule has 1 aliphatic heterocycles. The molecule has 162 valence electrons. The van der Waals surface area contributed by atoms with E-state index in [0.717, 1.165) is 28.4 Å². The number of carbonyl (C=O) groups is 1. The van der Waals surface area contributed by atoms with Crippen LogP contribution in [0.4, 0.5) is 0 Å². The molecule has 0 amide bonds. The van der Waals surface area contributed by atoms with Gasteiger partial charge in [0.1, 0.15) is 22.8 Å². The first kappa shape index (κ1) is 21.3. The number of thiol groups is 1. The molecule has 4 nitrogen and oxygen atoms in total. The van der Waals surface area contributed by atoms with Crippen LogP contribution in [-0.2, 0) is 9.53 Å². The van der Waals surface area contributed by atoms with Crippen molar-refractivity contribution in [1.29, 1.82) is 0 Å². The van der Waals surface area contributed by atoms with E-state index >= 15 is 0 Å². The molecule has 3 aromatic carbocycles. The van der Waals surface area contributed by atoms with Crippen molar-refractivity contribution in [3.8, 4) is 17.2 Å². The van der Waals surface area contributed by atoms with Crippen molar-refractivity contribution in [2.75, 3.05) is 6.61 Å². The summed E-state index contributed by atoms with van der Waals surface area (Å²) in [5, 5.41) is 0. The van der Waals surface area contributed by atoms with Crippen LogP contribution >= 0.6 is 10.9 Å². The van der Waals surface area contributed by atoms with Crippen LogP contribution in [0.1, 0.15) is 31.9 Å². The van der Waals surface area contributed by atoms with Gasteiger partial charge in [-0.3, -0.25) is 0 Å². The number of benzene rings is 3. The first-order valence-corrected chi connectivity index (χ1v) is 11.7. The first-order valence-electron chi connectivity index (χ1n) is 10.3. The monoisotopic (exact) mass is 436 g/mol. The number of ether oxygens (including phenoxy) is 3. The van der Waals surface area contributed by atoms with Crippen LogP contribution in [0.15, 0.2) is 75.4 Å². The molecule has 0 radical (unpaired) electrons. The third-order valence-corrected chi connectivity index (χ3v) is 7.37. The van der Waals surface area contributed by atoms with Gasteiger partial charge in [0.15, 0.2) is 6.61 Å². The second-order valence-electron chi connectivity index (χ2n) is 8.66. The molecule has 5 heteroatoms. The van der Waals surface area contributed by atoms with Crippen LogP contribution < -0.4 is 9.47 Å². The lowest BCUT2D eigenvalue weighted by molar-refractivity contribution is -0.157. The van der Waals surface area contributed by atoms with Gasteiger partial charge in [-0.25, -0.2) is 4.79 Å². The molecule has 0 atom stereocenters. The van der Waals surface area contributed by atoms with Crippen molar-refractivity contribution in [2.45, 2.75) is 54.9 Å². The summed E-state index contributed by atoms with van der Waals surface area (Å²) >= 11 is 0. The largest absolute Gasteiger partial charge is 0.481 e. The van der Waals surface area contributed by atoms with Crippen molar-refractivity contribution >= 4 is 16.9 Å². The van der Waals surface area contributed by atoms with Gasteiger partial charge in [0.25, 0.3) is 0 Å². The molecule has 1 aliphatic rings. The van der Waals surface area contributed by atoms with Crippen LogP contribution in [0.5, 0.6) is 17.2 Å². The van der Waals surface area contributed by atoms with E-state index in [4.69, 9.17) is 14.2 Å². The van der Waals surface area contributed by atoms with E-state index in [2.05, 4.69) is 36.4 Å². The van der Waals surface area contributed by atoms with E-state index < -0.39 is 16.5 Å². The van der Waals surface area contributed by atoms with Crippen molar-refractivity contribution in [1.82, 2.24) is 0 Å². The Bertz CT molecular complexity index is 1060. The highest BCUT2D eigenvalue weighted by molar-refractivity contribution is 8.17. The highest BCUT2D eigenvalue weighted by Crippen LogP contribution is 2.61. The summed E-state index contributed by atoms with van der Waals surface area (Å²) in [5.41, 5.74) is 1.48. The van der Waals surface area contributed by atoms with Gasteiger partial charge < -0.3 is 14.2 Å². The highest BCUT2D eigenvalue weighted by atomic mass is 32.2. The fourth-order valence-corrected chi connectivity index (χ4v) is 6.38. The number of esters is 1. The summed E-state index contributed by atoms with van der Waals surface area (Å²) in [4.78, 5) is 15.7. The zero-order valence-electron chi connectivity index (χ0n) is 18.6. The van der Waals surface area contributed by atoms with Crippen LogP contribution in [-0.4, -0.2) is 18.2 Å². The predicted molar refractivity (Wildman–Crippen MR) is 124 cm³/mol. The predicted octanol–water partition coefficient (Wildman–Crippen LogP) is 6.61. The molecule has 31 heavy (non-hydrogen) atoms. The smallest absolute Gasteiger partial charge is 0.344 e. The molecule has 0 saturated carbocycles. The lowest BCUT2D eigenvalue weighted by Gasteiger charge is -2.32. The Hall–Kier alpha value is -2.92. The van der Waals surface area contributed by atoms with Crippen LogP contribution in [0.3, 0.4) is 0 Å². The van der Waals surface area contributed by atoms with Gasteiger partial charge in [0.2, 0.25) is 0 Å². The summed E-state index contributed by atoms with van der Waals surface area (Å²) in [6, 6.07) is 20.8. The maximum atomic E-state index is 12.1. The molecule has 0 aromatic heterocycles. The lowest BCUT2D eigenvalue weighted by atomic mass is 10.1. The van der Waals surface area contributed by atoms with Gasteiger partial charge in [-0.05, 0) is 87.0 Å². The Labute approximate surface area is 186 Å². The Morgan fingerprint density at radius 1 is 0.903 bits per heavy atom. The zero-order valence-corrected chi connectivity index (χ0v) is 19.5. The van der Waals surface area contributed by atoms with Crippen LogP contribution in [0.25, 0.3) is 0 Å². The van der Waals surface area contributed by atoms with Crippen molar-refractivity contribution in [3.63, 3.8) is 0 Å². The summed E-state index contributed by atoms with van der Waals surface area (Å²) in [6.45, 7) is 9.49. The molecule has 1 heterocycles. The zero-order chi connectivity index (χ0) is 22.2. The minimum absolute atomic E-state index is 0.105. The van der Waals surface area contributed by atoms with Crippen LogP contribution in [0, 0.1) is 13.8 Å². The fraction of sp³-hybridized carbons (Fsp3) is 0.269. The molecule has 0 aliphatic carbocycles. The maximum Gasteiger partial charge on any atom is 0.344 e. The molecule has 0 bridgehead atoms. The Morgan fingerprint density at radius 3 is 1.94 bits per heavy atom. The minimum atomic E-state index is -0.756. The molecule has 0 unspecified atom stereocenters. The topological polar surface area (TPSA) is 44.8 Å². The number of para-hydroxylation sites is 2. The maximum absolute atomic E-state index is 12.1. The summed E-state index contributed by atoms with van der Waals surface area (Å²) < 4.78 is 17.4. The van der Waals surface area contributed by atoms with Crippen molar-refractivity contribution in [2.24, 2.45) is 0 Å². The van der Waals surface area contributed by atoms with E-state index in [1.165, 1.54) is 14.7 Å². The standard InChI is InChI=1S/C26H28O4S/c1-17-14-19(15-18(2)25(17)28-16-24(27)30-26(3,4)5)31-22-12-8-6-10-20(22)29-21-11-7-9-13-23(21)31/h6-15,31H,16H2,1-5H3. The number of rotatable bonds is 4. The van der Waals surface area contributed by atoms with E-state index in [1.807, 2.05) is 58.9 Å². The average molecular weight is 437 g/mol. The number of aryl methyl sites for hydroxylation is 2. The number of fused-ring (bicyclic) bond motifs is 2. The average Bonchev–Trinajstić information content (AvgIpc) is 2.70. The first-order chi connectivity index (χ1) is 14.7. The second kappa shape index (κ2) is 8.31. The number of hydrogen-bond donors (Lipinski definition) is 1. The van der Waals surface area contributed by atoms with E-state index in [1.54, 1.807) is 0 Å². The van der Waals surface area contributed by atoms with Gasteiger partial charge in [-0.15, -0.1) is 0 Å². The quantitative estimate of drug-likeness (QED) is 0.289. The van der Waals surface area contributed by atoms with Gasteiger partial charge in [-0.2, -0.15) is 10.9 Å². The summed E-state index contributed by atoms with van der Waals surface area (Å²) in [5.74, 6) is 2.19. The Morgan fingerprint density at radius 2 is 1.42 bits per heavy atom. The second-order valence-corrected chi connectivity index (χ2v) is 10.8. The van der Waals surface area contributed by atoms with Gasteiger partial charge in [-0.1, -0.05) is 24.3 Å². The van der Waals surface area contributed by atoms with Crippen LogP contribution in [0.2, 0.25) is 0 Å². The molecular weight excluding hydrogens is 408 g/mol. The number of hydrogen-bond acceptors (Lipinski definition) is 4. The van der Waals surface area contributed by atoms with Gasteiger partial charge in [0, 0.05) is 9.79 Å². The van der Waals surface area contributed by atoms with E-state index in [9.17, 15) is 4.79 Å². The third kappa shape index (κ3) is 4.57. The van der Waals surface area contributed by atoms with Gasteiger partial charge in [0.05, 0.1) is 0 Å². The molecule has 0 saturated heterocycles.